The quantitative estimate of drug-likeness (QED) is 0.752. The third kappa shape index (κ3) is 3.17. The van der Waals surface area contributed by atoms with Gasteiger partial charge < -0.3 is 4.90 Å². The largest absolute Gasteiger partial charge is 0.303 e. The number of aryl methyl sites for hydroxylation is 1. The van der Waals surface area contributed by atoms with Crippen LogP contribution in [0.3, 0.4) is 0 Å². The van der Waals surface area contributed by atoms with E-state index in [9.17, 15) is 0 Å². The average molecular weight is 216 g/mol. The molecule has 1 fully saturated rings. The van der Waals surface area contributed by atoms with Crippen molar-refractivity contribution in [2.45, 2.75) is 25.7 Å². The molecule has 0 spiro atoms. The molecule has 0 saturated carbocycles. The zero-order chi connectivity index (χ0) is 11.2. The van der Waals surface area contributed by atoms with Crippen LogP contribution in [0.5, 0.6) is 0 Å². The molecule has 1 aliphatic heterocycles. The van der Waals surface area contributed by atoms with E-state index in [0.29, 0.717) is 0 Å². The van der Waals surface area contributed by atoms with Crippen LogP contribution in [0.15, 0.2) is 24.9 Å². The highest BCUT2D eigenvalue weighted by atomic mass is 15.1. The lowest BCUT2D eigenvalue weighted by Crippen LogP contribution is -2.20. The second kappa shape index (κ2) is 5.80. The molecule has 1 aliphatic rings. The minimum Gasteiger partial charge on any atom is -0.303 e. The van der Waals surface area contributed by atoms with E-state index < -0.39 is 0 Å². The highest BCUT2D eigenvalue weighted by molar-refractivity contribution is 5.41. The SMILES string of the molecule is C=Cc1ccc(CCCN2CCCC2)cn1. The first kappa shape index (κ1) is 11.3. The number of nitrogens with zero attached hydrogens (tertiary/aromatic N) is 2. The van der Waals surface area contributed by atoms with Crippen molar-refractivity contribution in [2.75, 3.05) is 19.6 Å². The van der Waals surface area contributed by atoms with Crippen molar-refractivity contribution in [3.05, 3.63) is 36.2 Å². The van der Waals surface area contributed by atoms with Gasteiger partial charge in [-0.1, -0.05) is 12.6 Å². The summed E-state index contributed by atoms with van der Waals surface area (Å²) in [6.45, 7) is 7.54. The zero-order valence-corrected chi connectivity index (χ0v) is 9.86. The van der Waals surface area contributed by atoms with Gasteiger partial charge in [0.25, 0.3) is 0 Å². The van der Waals surface area contributed by atoms with Crippen LogP contribution >= 0.6 is 0 Å². The summed E-state index contributed by atoms with van der Waals surface area (Å²) < 4.78 is 0. The summed E-state index contributed by atoms with van der Waals surface area (Å²) in [4.78, 5) is 6.88. The van der Waals surface area contributed by atoms with Gasteiger partial charge in [-0.15, -0.1) is 0 Å². The molecule has 0 bridgehead atoms. The summed E-state index contributed by atoms with van der Waals surface area (Å²) in [5.41, 5.74) is 2.30. The second-order valence-electron chi connectivity index (χ2n) is 4.45. The van der Waals surface area contributed by atoms with Crippen molar-refractivity contribution in [3.63, 3.8) is 0 Å². The molecule has 0 aliphatic carbocycles. The first-order valence-electron chi connectivity index (χ1n) is 6.18. The number of aromatic nitrogens is 1. The van der Waals surface area contributed by atoms with Crippen LogP contribution in [0.1, 0.15) is 30.5 Å². The summed E-state index contributed by atoms with van der Waals surface area (Å²) in [5, 5.41) is 0. The van der Waals surface area contributed by atoms with Gasteiger partial charge in [-0.25, -0.2) is 0 Å². The van der Waals surface area contributed by atoms with Gasteiger partial charge >= 0.3 is 0 Å². The van der Waals surface area contributed by atoms with Gasteiger partial charge in [-0.3, -0.25) is 4.98 Å². The summed E-state index contributed by atoms with van der Waals surface area (Å²) in [7, 11) is 0. The van der Waals surface area contributed by atoms with Crippen LogP contribution in [0, 0.1) is 0 Å². The van der Waals surface area contributed by atoms with Gasteiger partial charge in [0.05, 0.1) is 5.69 Å². The van der Waals surface area contributed by atoms with Crippen LogP contribution < -0.4 is 0 Å². The molecule has 2 heteroatoms. The van der Waals surface area contributed by atoms with Gasteiger partial charge in [0.15, 0.2) is 0 Å². The first-order valence-corrected chi connectivity index (χ1v) is 6.18. The number of pyridine rings is 1. The maximum absolute atomic E-state index is 4.32. The van der Waals surface area contributed by atoms with E-state index in [0.717, 1.165) is 12.1 Å². The summed E-state index contributed by atoms with van der Waals surface area (Å²) in [6.07, 6.45) is 8.91. The highest BCUT2D eigenvalue weighted by Crippen LogP contribution is 2.09. The molecule has 0 radical (unpaired) electrons. The van der Waals surface area contributed by atoms with E-state index in [1.54, 1.807) is 6.08 Å². The molecular formula is C14H20N2. The summed E-state index contributed by atoms with van der Waals surface area (Å²) in [6, 6.07) is 4.20. The predicted molar refractivity (Wildman–Crippen MR) is 68.3 cm³/mol. The maximum Gasteiger partial charge on any atom is 0.0623 e. The van der Waals surface area contributed by atoms with Crippen molar-refractivity contribution in [1.29, 1.82) is 0 Å². The molecule has 86 valence electrons. The molecule has 0 N–H and O–H groups in total. The van der Waals surface area contributed by atoms with E-state index in [1.165, 1.54) is 44.5 Å². The van der Waals surface area contributed by atoms with E-state index in [1.807, 2.05) is 12.3 Å². The minimum absolute atomic E-state index is 0.961. The third-order valence-corrected chi connectivity index (χ3v) is 3.20. The van der Waals surface area contributed by atoms with Gasteiger partial charge in [0.1, 0.15) is 0 Å². The molecule has 0 amide bonds. The fraction of sp³-hybridized carbons (Fsp3) is 0.500. The number of likely N-dealkylation sites (tertiary alicyclic amines) is 1. The highest BCUT2D eigenvalue weighted by Gasteiger charge is 2.10. The van der Waals surface area contributed by atoms with Crippen LogP contribution in [0.25, 0.3) is 6.08 Å². The number of rotatable bonds is 5. The normalized spacial score (nSPS) is 16.5. The monoisotopic (exact) mass is 216 g/mol. The van der Waals surface area contributed by atoms with Crippen molar-refractivity contribution in [1.82, 2.24) is 9.88 Å². The smallest absolute Gasteiger partial charge is 0.0623 e. The molecule has 0 aromatic carbocycles. The lowest BCUT2D eigenvalue weighted by atomic mass is 10.1. The predicted octanol–water partition coefficient (Wildman–Crippen LogP) is 2.75. The molecule has 1 saturated heterocycles. The lowest BCUT2D eigenvalue weighted by molar-refractivity contribution is 0.334. The molecule has 1 aromatic rings. The van der Waals surface area contributed by atoms with Crippen molar-refractivity contribution in [3.8, 4) is 0 Å². The molecule has 2 rings (SSSR count). The molecule has 1 aromatic heterocycles. The van der Waals surface area contributed by atoms with Gasteiger partial charge in [-0.2, -0.15) is 0 Å². The van der Waals surface area contributed by atoms with Crippen LogP contribution in [0.4, 0.5) is 0 Å². The Morgan fingerprint density at radius 1 is 1.31 bits per heavy atom. The molecule has 0 atom stereocenters. The molecule has 16 heavy (non-hydrogen) atoms. The van der Waals surface area contributed by atoms with Crippen molar-refractivity contribution >= 4 is 6.08 Å². The first-order chi connectivity index (χ1) is 7.88. The molecule has 2 nitrogen and oxygen atoms in total. The number of hydrogen-bond acceptors (Lipinski definition) is 2. The number of hydrogen-bond donors (Lipinski definition) is 0. The second-order valence-corrected chi connectivity index (χ2v) is 4.45. The van der Waals surface area contributed by atoms with Crippen LogP contribution in [-0.2, 0) is 6.42 Å². The Morgan fingerprint density at radius 3 is 2.75 bits per heavy atom. The summed E-state index contributed by atoms with van der Waals surface area (Å²) in [5.74, 6) is 0. The Hall–Kier alpha value is -1.15. The van der Waals surface area contributed by atoms with Gasteiger partial charge in [0.2, 0.25) is 0 Å². The standard InChI is InChI=1S/C14H20N2/c1-2-14-8-7-13(12-15-14)6-5-11-16-9-3-4-10-16/h2,7-8,12H,1,3-6,9-11H2. The van der Waals surface area contributed by atoms with Gasteiger partial charge in [-0.05, 0) is 63.0 Å². The topological polar surface area (TPSA) is 16.1 Å². The van der Waals surface area contributed by atoms with E-state index in [-0.39, 0.29) is 0 Å². The zero-order valence-electron chi connectivity index (χ0n) is 9.86. The van der Waals surface area contributed by atoms with E-state index >= 15 is 0 Å². The fourth-order valence-corrected chi connectivity index (χ4v) is 2.22. The van der Waals surface area contributed by atoms with Crippen molar-refractivity contribution in [2.24, 2.45) is 0 Å². The van der Waals surface area contributed by atoms with E-state index in [2.05, 4.69) is 22.5 Å². The lowest BCUT2D eigenvalue weighted by Gasteiger charge is -2.13. The van der Waals surface area contributed by atoms with Crippen LogP contribution in [-0.4, -0.2) is 29.5 Å². The van der Waals surface area contributed by atoms with Crippen LogP contribution in [0.2, 0.25) is 0 Å². The Morgan fingerprint density at radius 2 is 2.12 bits per heavy atom. The third-order valence-electron chi connectivity index (χ3n) is 3.20. The maximum atomic E-state index is 4.32. The average Bonchev–Trinajstić information content (AvgIpc) is 2.83. The Bertz CT molecular complexity index is 323. The Labute approximate surface area is 98.0 Å². The summed E-state index contributed by atoms with van der Waals surface area (Å²) >= 11 is 0. The molecule has 0 unspecified atom stereocenters. The van der Waals surface area contributed by atoms with E-state index in [4.69, 9.17) is 0 Å². The Balaban J connectivity index is 1.73. The van der Waals surface area contributed by atoms with Gasteiger partial charge in [0, 0.05) is 6.20 Å². The minimum atomic E-state index is 0.961. The molecular weight excluding hydrogens is 196 g/mol. The molecule has 2 heterocycles. The Kier molecular flexibility index (Phi) is 4.11. The fourth-order valence-electron chi connectivity index (χ4n) is 2.22. The van der Waals surface area contributed by atoms with Crippen molar-refractivity contribution < 1.29 is 0 Å².